The lowest BCUT2D eigenvalue weighted by Crippen LogP contribution is -2.10. The molecule has 2 heteroatoms. The second-order valence-corrected chi connectivity index (χ2v) is 16.1. The third kappa shape index (κ3) is 6.04. The van der Waals surface area contributed by atoms with Crippen LogP contribution in [-0.2, 0) is 0 Å². The second kappa shape index (κ2) is 14.8. The smallest absolute Gasteiger partial charge is 0.0547 e. The molecule has 0 spiro atoms. The van der Waals surface area contributed by atoms with E-state index >= 15 is 0 Å². The summed E-state index contributed by atoms with van der Waals surface area (Å²) in [5.41, 5.74) is 14.1. The average Bonchev–Trinajstić information content (AvgIpc) is 3.69. The van der Waals surface area contributed by atoms with Gasteiger partial charge in [-0.25, -0.2) is 0 Å². The maximum Gasteiger partial charge on any atom is 0.0547 e. The number of rotatable bonds is 7. The van der Waals surface area contributed by atoms with Crippen LogP contribution in [0.5, 0.6) is 0 Å². The van der Waals surface area contributed by atoms with Gasteiger partial charge < -0.3 is 9.47 Å². The first kappa shape index (κ1) is 35.7. The highest BCUT2D eigenvalue weighted by Crippen LogP contribution is 2.43. The van der Waals surface area contributed by atoms with Gasteiger partial charge in [-0.1, -0.05) is 182 Å². The molecule has 0 aliphatic carbocycles. The average molecular weight is 789 g/mol. The van der Waals surface area contributed by atoms with Crippen molar-refractivity contribution < 1.29 is 0 Å². The molecule has 0 fully saturated rings. The largest absolute Gasteiger partial charge is 0.310 e. The van der Waals surface area contributed by atoms with Crippen LogP contribution in [-0.4, -0.2) is 4.57 Å². The summed E-state index contributed by atoms with van der Waals surface area (Å²) in [7, 11) is 0. The Bertz CT molecular complexity index is 3610. The van der Waals surface area contributed by atoms with Crippen LogP contribution in [0.25, 0.3) is 93.2 Å². The van der Waals surface area contributed by atoms with Crippen LogP contribution in [0.3, 0.4) is 0 Å². The van der Waals surface area contributed by atoms with Gasteiger partial charge in [-0.05, 0) is 126 Å². The van der Waals surface area contributed by atoms with E-state index in [4.69, 9.17) is 0 Å². The number of nitrogens with zero attached hydrogens (tertiary/aromatic N) is 2. The van der Waals surface area contributed by atoms with Crippen LogP contribution in [0.1, 0.15) is 0 Å². The Balaban J connectivity index is 0.976. The first-order valence-electron chi connectivity index (χ1n) is 21.3. The summed E-state index contributed by atoms with van der Waals surface area (Å²) in [5.74, 6) is 0. The summed E-state index contributed by atoms with van der Waals surface area (Å²) < 4.78 is 2.39. The standard InChI is InChI=1S/C60H40N2/c1-2-17-48(18-3-1)62-58-25-9-8-22-57(58)60-56(24-12-26-59(60)62)46-16-10-19-50(39-46)61(51-37-38-55-47(40-51)32-31-44-14-5-7-21-53(44)55)49-35-33-42(34-36-49)41-27-29-45(30-28-41)54-23-11-15-43-13-4-6-20-52(43)54/h1-40H. The van der Waals surface area contributed by atoms with Gasteiger partial charge in [0.2, 0.25) is 0 Å². The Morgan fingerprint density at radius 2 is 0.823 bits per heavy atom. The Hall–Kier alpha value is -8.20. The molecule has 1 heterocycles. The van der Waals surface area contributed by atoms with E-state index in [0.717, 1.165) is 22.7 Å². The zero-order chi connectivity index (χ0) is 41.0. The van der Waals surface area contributed by atoms with Crippen molar-refractivity contribution in [2.75, 3.05) is 4.90 Å². The van der Waals surface area contributed by atoms with Gasteiger partial charge in [0.05, 0.1) is 11.0 Å². The molecular formula is C60H40N2. The van der Waals surface area contributed by atoms with Gasteiger partial charge in [0.15, 0.2) is 0 Å². The van der Waals surface area contributed by atoms with Crippen LogP contribution in [0, 0.1) is 0 Å². The zero-order valence-electron chi connectivity index (χ0n) is 34.0. The fourth-order valence-electron chi connectivity index (χ4n) is 9.64. The van der Waals surface area contributed by atoms with E-state index in [1.54, 1.807) is 0 Å². The maximum atomic E-state index is 2.40. The first-order valence-corrected chi connectivity index (χ1v) is 21.3. The topological polar surface area (TPSA) is 8.17 Å². The van der Waals surface area contributed by atoms with Crippen molar-refractivity contribution in [1.82, 2.24) is 4.57 Å². The van der Waals surface area contributed by atoms with Gasteiger partial charge in [-0.3, -0.25) is 0 Å². The molecule has 0 unspecified atom stereocenters. The van der Waals surface area contributed by atoms with Gasteiger partial charge >= 0.3 is 0 Å². The molecule has 12 aromatic rings. The molecule has 1 aromatic heterocycles. The fraction of sp³-hybridized carbons (Fsp3) is 0. The van der Waals surface area contributed by atoms with Crippen LogP contribution < -0.4 is 4.90 Å². The Labute approximate surface area is 360 Å². The molecule has 290 valence electrons. The molecule has 0 aliphatic heterocycles. The summed E-state index contributed by atoms with van der Waals surface area (Å²) in [6, 6.07) is 88.5. The van der Waals surface area contributed by atoms with Crippen molar-refractivity contribution in [2.24, 2.45) is 0 Å². The summed E-state index contributed by atoms with van der Waals surface area (Å²) in [6.45, 7) is 0. The summed E-state index contributed by atoms with van der Waals surface area (Å²) in [4.78, 5) is 2.40. The predicted octanol–water partition coefficient (Wildman–Crippen LogP) is 16.7. The lowest BCUT2D eigenvalue weighted by Gasteiger charge is -2.27. The maximum absolute atomic E-state index is 2.40. The van der Waals surface area contributed by atoms with Gasteiger partial charge in [0.25, 0.3) is 0 Å². The number of hydrogen-bond acceptors (Lipinski definition) is 1. The predicted molar refractivity (Wildman–Crippen MR) is 264 cm³/mol. The monoisotopic (exact) mass is 788 g/mol. The zero-order valence-corrected chi connectivity index (χ0v) is 34.0. The molecule has 12 rings (SSSR count). The number of para-hydroxylation sites is 2. The molecule has 2 nitrogen and oxygen atoms in total. The van der Waals surface area contributed by atoms with Crippen molar-refractivity contribution in [3.63, 3.8) is 0 Å². The Kier molecular flexibility index (Phi) is 8.53. The third-order valence-corrected chi connectivity index (χ3v) is 12.6. The molecule has 0 bridgehead atoms. The first-order chi connectivity index (χ1) is 30.7. The summed E-state index contributed by atoms with van der Waals surface area (Å²) >= 11 is 0. The number of benzene rings is 11. The number of aromatic nitrogens is 1. The van der Waals surface area contributed by atoms with Crippen molar-refractivity contribution >= 4 is 71.2 Å². The molecule has 0 saturated heterocycles. The lowest BCUT2D eigenvalue weighted by molar-refractivity contribution is 1.18. The van der Waals surface area contributed by atoms with Gasteiger partial charge in [0.1, 0.15) is 0 Å². The normalized spacial score (nSPS) is 11.5. The van der Waals surface area contributed by atoms with Gasteiger partial charge in [-0.2, -0.15) is 0 Å². The molecule has 0 amide bonds. The van der Waals surface area contributed by atoms with E-state index in [1.807, 2.05) is 0 Å². The van der Waals surface area contributed by atoms with Gasteiger partial charge in [0, 0.05) is 33.5 Å². The SMILES string of the molecule is c1ccc(-n2c3ccccc3c3c(-c4cccc(N(c5ccc(-c6ccc(-c7cccc8ccccc78)cc6)cc5)c5ccc6c(ccc7ccccc76)c5)c4)cccc32)cc1. The lowest BCUT2D eigenvalue weighted by atomic mass is 9.96. The fourth-order valence-corrected chi connectivity index (χ4v) is 9.64. The van der Waals surface area contributed by atoms with E-state index in [0.29, 0.717) is 0 Å². The molecule has 0 radical (unpaired) electrons. The summed E-state index contributed by atoms with van der Waals surface area (Å²) in [6.07, 6.45) is 0. The van der Waals surface area contributed by atoms with Crippen molar-refractivity contribution in [1.29, 1.82) is 0 Å². The number of hydrogen-bond donors (Lipinski definition) is 0. The molecule has 11 aromatic carbocycles. The van der Waals surface area contributed by atoms with Gasteiger partial charge in [-0.15, -0.1) is 0 Å². The van der Waals surface area contributed by atoms with Crippen LogP contribution in [0.2, 0.25) is 0 Å². The second-order valence-electron chi connectivity index (χ2n) is 16.1. The summed E-state index contributed by atoms with van der Waals surface area (Å²) in [5, 5.41) is 10.0. The van der Waals surface area contributed by atoms with E-state index in [1.165, 1.54) is 87.5 Å². The molecule has 62 heavy (non-hydrogen) atoms. The molecule has 0 aliphatic rings. The van der Waals surface area contributed by atoms with Crippen molar-refractivity contribution in [2.45, 2.75) is 0 Å². The third-order valence-electron chi connectivity index (χ3n) is 12.6. The van der Waals surface area contributed by atoms with Crippen molar-refractivity contribution in [3.05, 3.63) is 243 Å². The minimum absolute atomic E-state index is 1.09. The van der Waals surface area contributed by atoms with Crippen LogP contribution in [0.4, 0.5) is 17.1 Å². The van der Waals surface area contributed by atoms with E-state index < -0.39 is 0 Å². The van der Waals surface area contributed by atoms with Crippen molar-refractivity contribution in [3.8, 4) is 39.1 Å². The van der Waals surface area contributed by atoms with E-state index in [2.05, 4.69) is 252 Å². The molecular weight excluding hydrogens is 749 g/mol. The number of anilines is 3. The Morgan fingerprint density at radius 3 is 1.65 bits per heavy atom. The minimum Gasteiger partial charge on any atom is -0.310 e. The highest BCUT2D eigenvalue weighted by molar-refractivity contribution is 6.16. The molecule has 0 N–H and O–H groups in total. The highest BCUT2D eigenvalue weighted by atomic mass is 15.1. The number of fused-ring (bicyclic) bond motifs is 7. The quantitative estimate of drug-likeness (QED) is 0.146. The van der Waals surface area contributed by atoms with E-state index in [9.17, 15) is 0 Å². The van der Waals surface area contributed by atoms with Crippen LogP contribution >= 0.6 is 0 Å². The molecule has 0 atom stereocenters. The van der Waals surface area contributed by atoms with Crippen LogP contribution in [0.15, 0.2) is 243 Å². The highest BCUT2D eigenvalue weighted by Gasteiger charge is 2.19. The molecule has 0 saturated carbocycles. The minimum atomic E-state index is 1.09. The Morgan fingerprint density at radius 1 is 0.274 bits per heavy atom. The van der Waals surface area contributed by atoms with E-state index in [-0.39, 0.29) is 0 Å².